The molecule has 26 heavy (non-hydrogen) atoms. The van der Waals surface area contributed by atoms with Crippen LogP contribution in [0.1, 0.15) is 24.0 Å². The molecule has 0 amide bonds. The van der Waals surface area contributed by atoms with Crippen molar-refractivity contribution in [3.05, 3.63) is 35.4 Å². The van der Waals surface area contributed by atoms with Gasteiger partial charge in [0.15, 0.2) is 0 Å². The van der Waals surface area contributed by atoms with Gasteiger partial charge >= 0.3 is 0 Å². The van der Waals surface area contributed by atoms with E-state index < -0.39 is 10.0 Å². The predicted octanol–water partition coefficient (Wildman–Crippen LogP) is 1.21. The number of sulfonamides is 1. The van der Waals surface area contributed by atoms with E-state index in [9.17, 15) is 8.42 Å². The van der Waals surface area contributed by atoms with Gasteiger partial charge in [0.05, 0.1) is 19.0 Å². The third-order valence-corrected chi connectivity index (χ3v) is 7.10. The van der Waals surface area contributed by atoms with Crippen LogP contribution in [0, 0.1) is 6.92 Å². The molecule has 2 heterocycles. The maximum Gasteiger partial charge on any atom is 0.215 e. The average molecular weight is 382 g/mol. The Balaban J connectivity index is 1.69. The van der Waals surface area contributed by atoms with Crippen molar-refractivity contribution in [2.24, 2.45) is 0 Å². The predicted molar refractivity (Wildman–Crippen MR) is 104 cm³/mol. The zero-order valence-corrected chi connectivity index (χ0v) is 16.7. The van der Waals surface area contributed by atoms with Gasteiger partial charge in [-0.2, -0.15) is 0 Å². The Morgan fingerprint density at radius 2 is 1.77 bits per heavy atom. The molecule has 0 radical (unpaired) electrons. The first kappa shape index (κ1) is 19.8. The summed E-state index contributed by atoms with van der Waals surface area (Å²) >= 11 is 0. The van der Waals surface area contributed by atoms with Gasteiger partial charge in [-0.3, -0.25) is 4.90 Å². The Bertz CT molecular complexity index is 694. The lowest BCUT2D eigenvalue weighted by Gasteiger charge is -2.49. The van der Waals surface area contributed by atoms with Crippen LogP contribution in [0.15, 0.2) is 24.3 Å². The highest BCUT2D eigenvalue weighted by Gasteiger charge is 2.40. The van der Waals surface area contributed by atoms with Crippen molar-refractivity contribution in [2.75, 3.05) is 53.0 Å². The third-order valence-electron chi connectivity index (χ3n) is 5.83. The number of hydrogen-bond acceptors (Lipinski definition) is 5. The van der Waals surface area contributed by atoms with Gasteiger partial charge < -0.3 is 9.64 Å². The molecule has 0 unspecified atom stereocenters. The zero-order valence-electron chi connectivity index (χ0n) is 15.9. The molecule has 2 aliphatic heterocycles. The molecule has 1 aromatic carbocycles. The summed E-state index contributed by atoms with van der Waals surface area (Å²) in [6.45, 7) is 7.65. The quantitative estimate of drug-likeness (QED) is 0.803. The van der Waals surface area contributed by atoms with Crippen LogP contribution in [0.4, 0.5) is 0 Å². The van der Waals surface area contributed by atoms with E-state index >= 15 is 0 Å². The summed E-state index contributed by atoms with van der Waals surface area (Å²) in [6.07, 6.45) is 1.97. The minimum atomic E-state index is -3.37. The normalized spacial score (nSPS) is 22.4. The van der Waals surface area contributed by atoms with E-state index in [-0.39, 0.29) is 11.3 Å². The van der Waals surface area contributed by atoms with Gasteiger partial charge in [-0.05, 0) is 51.0 Å². The largest absolute Gasteiger partial charge is 0.379 e. The first-order valence-electron chi connectivity index (χ1n) is 9.43. The number of benzene rings is 1. The molecule has 0 bridgehead atoms. The highest BCUT2D eigenvalue weighted by molar-refractivity contribution is 7.88. The van der Waals surface area contributed by atoms with Crippen LogP contribution in [-0.4, -0.2) is 76.7 Å². The fourth-order valence-corrected chi connectivity index (χ4v) is 5.27. The van der Waals surface area contributed by atoms with E-state index in [0.717, 1.165) is 63.4 Å². The number of ether oxygens (including phenoxy) is 1. The molecule has 1 N–H and O–H groups in total. The van der Waals surface area contributed by atoms with E-state index in [0.29, 0.717) is 6.54 Å². The lowest BCUT2D eigenvalue weighted by molar-refractivity contribution is -0.0427. The second-order valence-corrected chi connectivity index (χ2v) is 9.44. The van der Waals surface area contributed by atoms with Gasteiger partial charge in [-0.25, -0.2) is 13.1 Å². The fourth-order valence-electron chi connectivity index (χ4n) is 3.95. The maximum atomic E-state index is 12.7. The molecule has 2 fully saturated rings. The molecule has 0 atom stereocenters. The first-order chi connectivity index (χ1) is 12.4. The molecular weight excluding hydrogens is 350 g/mol. The second kappa shape index (κ2) is 8.35. The molecular formula is C19H31N3O3S. The summed E-state index contributed by atoms with van der Waals surface area (Å²) in [5.74, 6) is 0.0404. The topological polar surface area (TPSA) is 61.9 Å². The monoisotopic (exact) mass is 381 g/mol. The summed E-state index contributed by atoms with van der Waals surface area (Å²) in [4.78, 5) is 4.76. The number of likely N-dealkylation sites (tertiary alicyclic amines) is 1. The van der Waals surface area contributed by atoms with Gasteiger partial charge in [-0.1, -0.05) is 24.3 Å². The Hall–Kier alpha value is -0.990. The van der Waals surface area contributed by atoms with Crippen LogP contribution in [0.25, 0.3) is 0 Å². The number of aryl methyl sites for hydroxylation is 1. The number of piperidine rings is 1. The number of hydrogen-bond donors (Lipinski definition) is 1. The number of nitrogens with one attached hydrogen (secondary N) is 1. The Labute approximate surface area is 157 Å². The van der Waals surface area contributed by atoms with E-state index in [2.05, 4.69) is 21.6 Å². The van der Waals surface area contributed by atoms with E-state index in [1.54, 1.807) is 0 Å². The Morgan fingerprint density at radius 1 is 1.12 bits per heavy atom. The summed E-state index contributed by atoms with van der Waals surface area (Å²) in [6, 6.07) is 7.67. The summed E-state index contributed by atoms with van der Waals surface area (Å²) in [5, 5.41) is 0. The summed E-state index contributed by atoms with van der Waals surface area (Å²) in [5.41, 5.74) is 1.78. The van der Waals surface area contributed by atoms with Crippen LogP contribution < -0.4 is 4.72 Å². The molecule has 2 aliphatic rings. The molecule has 7 heteroatoms. The van der Waals surface area contributed by atoms with Crippen LogP contribution in [-0.2, 0) is 20.5 Å². The lowest BCUT2D eigenvalue weighted by atomic mass is 9.85. The first-order valence-corrected chi connectivity index (χ1v) is 11.1. The minimum Gasteiger partial charge on any atom is -0.379 e. The molecule has 0 spiro atoms. The van der Waals surface area contributed by atoms with Crippen LogP contribution in [0.3, 0.4) is 0 Å². The Kier molecular flexibility index (Phi) is 6.35. The lowest BCUT2D eigenvalue weighted by Crippen LogP contribution is -2.62. The van der Waals surface area contributed by atoms with Crippen molar-refractivity contribution in [1.82, 2.24) is 14.5 Å². The molecule has 6 nitrogen and oxygen atoms in total. The molecule has 1 aromatic rings. The van der Waals surface area contributed by atoms with Crippen LogP contribution in [0.5, 0.6) is 0 Å². The van der Waals surface area contributed by atoms with Crippen molar-refractivity contribution in [3.8, 4) is 0 Å². The molecule has 3 rings (SSSR count). The average Bonchev–Trinajstić information content (AvgIpc) is 2.64. The van der Waals surface area contributed by atoms with Crippen molar-refractivity contribution in [2.45, 2.75) is 31.1 Å². The van der Waals surface area contributed by atoms with Crippen molar-refractivity contribution >= 4 is 10.0 Å². The van der Waals surface area contributed by atoms with Crippen LogP contribution >= 0.6 is 0 Å². The number of morpholine rings is 1. The van der Waals surface area contributed by atoms with Crippen molar-refractivity contribution in [1.29, 1.82) is 0 Å². The standard InChI is InChI=1S/C19H31N3O3S/c1-17-5-3-4-6-18(17)15-26(23,24)20-16-19(7-9-21(2)10-8-19)22-11-13-25-14-12-22/h3-6,20H,7-16H2,1-2H3. The van der Waals surface area contributed by atoms with E-state index in [1.807, 2.05) is 31.2 Å². The molecule has 0 aromatic heterocycles. The minimum absolute atomic E-state index is 0.0404. The van der Waals surface area contributed by atoms with Gasteiger partial charge in [0.25, 0.3) is 0 Å². The number of rotatable bonds is 6. The second-order valence-electron chi connectivity index (χ2n) is 7.63. The van der Waals surface area contributed by atoms with Crippen molar-refractivity contribution < 1.29 is 13.2 Å². The van der Waals surface area contributed by atoms with Crippen LogP contribution in [0.2, 0.25) is 0 Å². The third kappa shape index (κ3) is 4.84. The highest BCUT2D eigenvalue weighted by atomic mass is 32.2. The summed E-state index contributed by atoms with van der Waals surface area (Å²) < 4.78 is 33.9. The molecule has 2 saturated heterocycles. The van der Waals surface area contributed by atoms with Gasteiger partial charge in [-0.15, -0.1) is 0 Å². The van der Waals surface area contributed by atoms with E-state index in [4.69, 9.17) is 4.74 Å². The molecule has 146 valence electrons. The van der Waals surface area contributed by atoms with E-state index in [1.165, 1.54) is 0 Å². The molecule has 0 aliphatic carbocycles. The van der Waals surface area contributed by atoms with Gasteiger partial charge in [0, 0.05) is 25.2 Å². The maximum absolute atomic E-state index is 12.7. The van der Waals surface area contributed by atoms with Crippen molar-refractivity contribution in [3.63, 3.8) is 0 Å². The highest BCUT2D eigenvalue weighted by Crippen LogP contribution is 2.29. The Morgan fingerprint density at radius 3 is 2.42 bits per heavy atom. The summed E-state index contributed by atoms with van der Waals surface area (Å²) in [7, 11) is -1.24. The number of nitrogens with zero attached hydrogens (tertiary/aromatic N) is 2. The van der Waals surface area contributed by atoms with Gasteiger partial charge in [0.2, 0.25) is 10.0 Å². The smallest absolute Gasteiger partial charge is 0.215 e. The SMILES string of the molecule is Cc1ccccc1CS(=O)(=O)NCC1(N2CCOCC2)CCN(C)CC1. The van der Waals surface area contributed by atoms with Gasteiger partial charge in [0.1, 0.15) is 0 Å². The zero-order chi connectivity index (χ0) is 18.6. The fraction of sp³-hybridized carbons (Fsp3) is 0.684. The molecule has 0 saturated carbocycles.